The second kappa shape index (κ2) is 6.21. The number of hydrogen-bond acceptors (Lipinski definition) is 3. The molecule has 0 fully saturated rings. The standard InChI is InChI=1S/C15H21NOS/c1-5-11-15(6-2,16(3)4)14(17)12-7-9-13(18)10-8-12/h5,7-10,18H,1,6,11H2,2-4H3. The highest BCUT2D eigenvalue weighted by Crippen LogP contribution is 2.27. The fourth-order valence-corrected chi connectivity index (χ4v) is 2.37. The van der Waals surface area contributed by atoms with Crippen LogP contribution in [0.5, 0.6) is 0 Å². The first-order chi connectivity index (χ1) is 8.47. The molecule has 98 valence electrons. The maximum Gasteiger partial charge on any atom is 0.183 e. The summed E-state index contributed by atoms with van der Waals surface area (Å²) >= 11 is 4.24. The minimum Gasteiger partial charge on any atom is -0.297 e. The molecule has 0 N–H and O–H groups in total. The van der Waals surface area contributed by atoms with Gasteiger partial charge >= 0.3 is 0 Å². The fourth-order valence-electron chi connectivity index (χ4n) is 2.22. The summed E-state index contributed by atoms with van der Waals surface area (Å²) in [5, 5.41) is 0. The first-order valence-corrected chi connectivity index (χ1v) is 6.55. The Kier molecular flexibility index (Phi) is 5.17. The lowest BCUT2D eigenvalue weighted by Gasteiger charge is -2.37. The van der Waals surface area contributed by atoms with Gasteiger partial charge in [0.1, 0.15) is 0 Å². The Balaban J connectivity index is 3.17. The largest absolute Gasteiger partial charge is 0.297 e. The molecule has 0 aliphatic rings. The molecular weight excluding hydrogens is 242 g/mol. The van der Waals surface area contributed by atoms with E-state index >= 15 is 0 Å². The Bertz CT molecular complexity index is 425. The Hall–Kier alpha value is -1.06. The molecule has 0 aliphatic heterocycles. The summed E-state index contributed by atoms with van der Waals surface area (Å²) in [5.41, 5.74) is 0.227. The summed E-state index contributed by atoms with van der Waals surface area (Å²) in [4.78, 5) is 15.6. The number of likely N-dealkylation sites (N-methyl/N-ethyl adjacent to an activating group) is 1. The molecule has 0 aliphatic carbocycles. The third-order valence-corrected chi connectivity index (χ3v) is 3.77. The van der Waals surface area contributed by atoms with Gasteiger partial charge in [-0.3, -0.25) is 9.69 Å². The van der Waals surface area contributed by atoms with E-state index in [0.29, 0.717) is 6.42 Å². The predicted molar refractivity (Wildman–Crippen MR) is 79.5 cm³/mol. The van der Waals surface area contributed by atoms with Gasteiger partial charge in [-0.1, -0.05) is 25.1 Å². The zero-order chi connectivity index (χ0) is 13.8. The van der Waals surface area contributed by atoms with Gasteiger partial charge in [-0.15, -0.1) is 19.2 Å². The van der Waals surface area contributed by atoms with Gasteiger partial charge in [-0.2, -0.15) is 0 Å². The van der Waals surface area contributed by atoms with Gasteiger partial charge in [-0.25, -0.2) is 0 Å². The van der Waals surface area contributed by atoms with E-state index in [1.165, 1.54) is 0 Å². The van der Waals surface area contributed by atoms with E-state index in [9.17, 15) is 4.79 Å². The number of hydrogen-bond donors (Lipinski definition) is 1. The Morgan fingerprint density at radius 2 is 1.94 bits per heavy atom. The molecule has 1 atom stereocenters. The lowest BCUT2D eigenvalue weighted by atomic mass is 9.82. The number of ketones is 1. The van der Waals surface area contributed by atoms with Crippen molar-refractivity contribution >= 4 is 18.4 Å². The monoisotopic (exact) mass is 263 g/mol. The molecule has 1 aromatic rings. The number of carbonyl (C=O) groups is 1. The third kappa shape index (κ3) is 2.85. The van der Waals surface area contributed by atoms with Crippen LogP contribution in [0.2, 0.25) is 0 Å². The second-order valence-electron chi connectivity index (χ2n) is 4.65. The summed E-state index contributed by atoms with van der Waals surface area (Å²) in [5.74, 6) is 0.142. The van der Waals surface area contributed by atoms with Crippen LogP contribution in [0.1, 0.15) is 30.1 Å². The molecule has 1 aromatic carbocycles. The molecule has 3 heteroatoms. The number of nitrogens with zero attached hydrogens (tertiary/aromatic N) is 1. The molecule has 0 bridgehead atoms. The smallest absolute Gasteiger partial charge is 0.183 e. The van der Waals surface area contributed by atoms with Gasteiger partial charge in [0.2, 0.25) is 0 Å². The van der Waals surface area contributed by atoms with Gasteiger partial charge in [0, 0.05) is 10.5 Å². The number of carbonyl (C=O) groups excluding carboxylic acids is 1. The molecule has 0 heterocycles. The minimum absolute atomic E-state index is 0.142. The van der Waals surface area contributed by atoms with E-state index in [0.717, 1.165) is 16.9 Å². The van der Waals surface area contributed by atoms with Crippen molar-refractivity contribution in [1.29, 1.82) is 0 Å². The quantitative estimate of drug-likeness (QED) is 0.482. The molecule has 0 saturated carbocycles. The molecule has 0 radical (unpaired) electrons. The van der Waals surface area contributed by atoms with Gasteiger partial charge in [0.05, 0.1) is 5.54 Å². The highest BCUT2D eigenvalue weighted by molar-refractivity contribution is 7.80. The maximum atomic E-state index is 12.7. The van der Waals surface area contributed by atoms with Crippen molar-refractivity contribution in [3.05, 3.63) is 42.5 Å². The van der Waals surface area contributed by atoms with Gasteiger partial charge in [0.15, 0.2) is 5.78 Å². The Labute approximate surface area is 115 Å². The normalized spacial score (nSPS) is 14.3. The molecule has 18 heavy (non-hydrogen) atoms. The highest BCUT2D eigenvalue weighted by Gasteiger charge is 2.37. The van der Waals surface area contributed by atoms with Crippen LogP contribution in [0.15, 0.2) is 41.8 Å². The molecule has 1 unspecified atom stereocenters. The van der Waals surface area contributed by atoms with Crippen molar-refractivity contribution in [2.24, 2.45) is 0 Å². The summed E-state index contributed by atoms with van der Waals surface area (Å²) in [6, 6.07) is 7.37. The fraction of sp³-hybridized carbons (Fsp3) is 0.400. The lowest BCUT2D eigenvalue weighted by molar-refractivity contribution is 0.0673. The highest BCUT2D eigenvalue weighted by atomic mass is 32.1. The molecule has 0 saturated heterocycles. The van der Waals surface area contributed by atoms with Crippen molar-refractivity contribution in [3.63, 3.8) is 0 Å². The topological polar surface area (TPSA) is 20.3 Å². The molecule has 0 aromatic heterocycles. The van der Waals surface area contributed by atoms with E-state index in [1.54, 1.807) is 0 Å². The van der Waals surface area contributed by atoms with E-state index < -0.39 is 5.54 Å². The summed E-state index contributed by atoms with van der Waals surface area (Å²) in [6.45, 7) is 5.81. The predicted octanol–water partition coefficient (Wildman–Crippen LogP) is 3.44. The van der Waals surface area contributed by atoms with Crippen molar-refractivity contribution in [2.75, 3.05) is 14.1 Å². The van der Waals surface area contributed by atoms with Crippen LogP contribution in [0.25, 0.3) is 0 Å². The Morgan fingerprint density at radius 1 is 1.39 bits per heavy atom. The van der Waals surface area contributed by atoms with Crippen LogP contribution in [0.4, 0.5) is 0 Å². The van der Waals surface area contributed by atoms with E-state index in [1.807, 2.05) is 56.3 Å². The van der Waals surface area contributed by atoms with Crippen LogP contribution >= 0.6 is 12.6 Å². The lowest BCUT2D eigenvalue weighted by Crippen LogP contribution is -2.50. The zero-order valence-corrected chi connectivity index (χ0v) is 12.2. The van der Waals surface area contributed by atoms with E-state index in [-0.39, 0.29) is 5.78 Å². The van der Waals surface area contributed by atoms with Crippen molar-refractivity contribution < 1.29 is 4.79 Å². The number of benzene rings is 1. The third-order valence-electron chi connectivity index (χ3n) is 3.48. The van der Waals surface area contributed by atoms with E-state index in [4.69, 9.17) is 0 Å². The number of Topliss-reactive ketones (excluding diaryl/α,β-unsaturated/α-hetero) is 1. The average molecular weight is 263 g/mol. The van der Waals surface area contributed by atoms with Gasteiger partial charge < -0.3 is 0 Å². The van der Waals surface area contributed by atoms with Crippen LogP contribution in [-0.4, -0.2) is 30.3 Å². The Morgan fingerprint density at radius 3 is 2.33 bits per heavy atom. The molecule has 0 amide bonds. The average Bonchev–Trinajstić information content (AvgIpc) is 2.35. The van der Waals surface area contributed by atoms with Crippen molar-refractivity contribution in [1.82, 2.24) is 4.90 Å². The molecular formula is C15H21NOS. The number of thiol groups is 1. The van der Waals surface area contributed by atoms with Crippen molar-refractivity contribution in [3.8, 4) is 0 Å². The first-order valence-electron chi connectivity index (χ1n) is 6.10. The molecule has 1 rings (SSSR count). The first kappa shape index (κ1) is 15.0. The zero-order valence-electron chi connectivity index (χ0n) is 11.3. The van der Waals surface area contributed by atoms with E-state index in [2.05, 4.69) is 19.2 Å². The second-order valence-corrected chi connectivity index (χ2v) is 5.16. The van der Waals surface area contributed by atoms with Crippen LogP contribution in [0, 0.1) is 0 Å². The molecule has 2 nitrogen and oxygen atoms in total. The number of rotatable bonds is 6. The van der Waals surface area contributed by atoms with Crippen LogP contribution < -0.4 is 0 Å². The van der Waals surface area contributed by atoms with Crippen LogP contribution in [0.3, 0.4) is 0 Å². The van der Waals surface area contributed by atoms with Crippen molar-refractivity contribution in [2.45, 2.75) is 30.2 Å². The summed E-state index contributed by atoms with van der Waals surface area (Å²) in [6.07, 6.45) is 3.22. The van der Waals surface area contributed by atoms with Gasteiger partial charge in [0.25, 0.3) is 0 Å². The minimum atomic E-state index is -0.500. The van der Waals surface area contributed by atoms with Gasteiger partial charge in [-0.05, 0) is 39.1 Å². The maximum absolute atomic E-state index is 12.7. The van der Waals surface area contributed by atoms with Crippen LogP contribution in [-0.2, 0) is 0 Å². The summed E-state index contributed by atoms with van der Waals surface area (Å²) < 4.78 is 0. The SMILES string of the molecule is C=CCC(CC)(C(=O)c1ccc(S)cc1)N(C)C. The molecule has 0 spiro atoms. The summed E-state index contributed by atoms with van der Waals surface area (Å²) in [7, 11) is 3.88.